The summed E-state index contributed by atoms with van der Waals surface area (Å²) < 4.78 is 0. The highest BCUT2D eigenvalue weighted by Crippen LogP contribution is 1.98. The van der Waals surface area contributed by atoms with Gasteiger partial charge < -0.3 is 16.2 Å². The number of rotatable bonds is 4. The minimum absolute atomic E-state index is 0.0731. The van der Waals surface area contributed by atoms with Crippen LogP contribution in [0.1, 0.15) is 26.7 Å². The standard InChI is InChI=1S/C7H16N2O2/c1-3-4-6(8)5(2)9-7(10)11/h5-6,9H,3-4,8H2,1-2H3,(H,10,11)/t5-,6+/m0/s1. The third-order valence-corrected chi connectivity index (χ3v) is 1.62. The molecule has 0 aromatic heterocycles. The first kappa shape index (κ1) is 10.2. The molecule has 0 aliphatic heterocycles. The minimum atomic E-state index is -1.01. The van der Waals surface area contributed by atoms with Gasteiger partial charge in [-0.05, 0) is 13.3 Å². The van der Waals surface area contributed by atoms with Crippen molar-refractivity contribution in [2.45, 2.75) is 38.8 Å². The number of hydrogen-bond acceptors (Lipinski definition) is 2. The van der Waals surface area contributed by atoms with Crippen LogP contribution in [0.15, 0.2) is 0 Å². The van der Waals surface area contributed by atoms with Crippen molar-refractivity contribution in [1.29, 1.82) is 0 Å². The van der Waals surface area contributed by atoms with Crippen LogP contribution in [0.25, 0.3) is 0 Å². The van der Waals surface area contributed by atoms with Gasteiger partial charge in [0.05, 0.1) is 0 Å². The summed E-state index contributed by atoms with van der Waals surface area (Å²) in [6, 6.07) is -0.233. The van der Waals surface area contributed by atoms with E-state index in [1.54, 1.807) is 6.92 Å². The summed E-state index contributed by atoms with van der Waals surface area (Å²) in [5.74, 6) is 0. The molecule has 0 rings (SSSR count). The Bertz CT molecular complexity index is 128. The maximum Gasteiger partial charge on any atom is 0.404 e. The summed E-state index contributed by atoms with van der Waals surface area (Å²) in [6.45, 7) is 3.79. The zero-order valence-electron chi connectivity index (χ0n) is 7.00. The summed E-state index contributed by atoms with van der Waals surface area (Å²) in [4.78, 5) is 10.2. The van der Waals surface area contributed by atoms with E-state index in [9.17, 15) is 4.79 Å². The molecule has 0 fully saturated rings. The maximum absolute atomic E-state index is 10.2. The Balaban J connectivity index is 3.63. The highest BCUT2D eigenvalue weighted by molar-refractivity contribution is 5.64. The molecule has 4 N–H and O–H groups in total. The van der Waals surface area contributed by atoms with Crippen LogP contribution in [0.2, 0.25) is 0 Å². The lowest BCUT2D eigenvalue weighted by molar-refractivity contribution is 0.188. The second kappa shape index (κ2) is 4.96. The molecule has 0 aromatic carbocycles. The van der Waals surface area contributed by atoms with Gasteiger partial charge in [-0.3, -0.25) is 0 Å². The van der Waals surface area contributed by atoms with Crippen molar-refractivity contribution in [2.24, 2.45) is 5.73 Å². The summed E-state index contributed by atoms with van der Waals surface area (Å²) in [5, 5.41) is 10.7. The average molecular weight is 160 g/mol. The first-order valence-corrected chi connectivity index (χ1v) is 3.83. The van der Waals surface area contributed by atoms with E-state index in [0.717, 1.165) is 12.8 Å². The van der Waals surface area contributed by atoms with Crippen LogP contribution in [-0.4, -0.2) is 23.3 Å². The average Bonchev–Trinajstić information content (AvgIpc) is 1.86. The molecule has 0 saturated heterocycles. The van der Waals surface area contributed by atoms with Gasteiger partial charge in [0.15, 0.2) is 0 Å². The molecule has 2 atom stereocenters. The molecule has 0 heterocycles. The minimum Gasteiger partial charge on any atom is -0.465 e. The van der Waals surface area contributed by atoms with Crippen LogP contribution < -0.4 is 11.1 Å². The molecule has 0 radical (unpaired) electrons. The predicted octanol–water partition coefficient (Wildman–Crippen LogP) is 0.770. The highest BCUT2D eigenvalue weighted by atomic mass is 16.4. The Morgan fingerprint density at radius 3 is 2.64 bits per heavy atom. The third-order valence-electron chi connectivity index (χ3n) is 1.62. The Kier molecular flexibility index (Phi) is 4.61. The number of nitrogens with two attached hydrogens (primary N) is 1. The van der Waals surface area contributed by atoms with Crippen LogP contribution in [0, 0.1) is 0 Å². The van der Waals surface area contributed by atoms with Crippen LogP contribution in [0.3, 0.4) is 0 Å². The number of amides is 1. The molecule has 4 nitrogen and oxygen atoms in total. The Hall–Kier alpha value is -0.770. The molecule has 4 heteroatoms. The molecule has 0 saturated carbocycles. The van der Waals surface area contributed by atoms with Gasteiger partial charge >= 0.3 is 6.09 Å². The Labute approximate surface area is 66.8 Å². The van der Waals surface area contributed by atoms with Gasteiger partial charge in [0.25, 0.3) is 0 Å². The van der Waals surface area contributed by atoms with Gasteiger partial charge in [0.2, 0.25) is 0 Å². The van der Waals surface area contributed by atoms with E-state index in [0.29, 0.717) is 0 Å². The monoisotopic (exact) mass is 160 g/mol. The van der Waals surface area contributed by atoms with Crippen LogP contribution in [0.4, 0.5) is 4.79 Å². The van der Waals surface area contributed by atoms with E-state index >= 15 is 0 Å². The van der Waals surface area contributed by atoms with Gasteiger partial charge in [-0.15, -0.1) is 0 Å². The lowest BCUT2D eigenvalue weighted by Gasteiger charge is -2.18. The van der Waals surface area contributed by atoms with Crippen molar-refractivity contribution in [2.75, 3.05) is 0 Å². The largest absolute Gasteiger partial charge is 0.465 e. The molecule has 0 bridgehead atoms. The van der Waals surface area contributed by atoms with Gasteiger partial charge in [0.1, 0.15) is 0 Å². The summed E-state index contributed by atoms with van der Waals surface area (Å²) >= 11 is 0. The van der Waals surface area contributed by atoms with Crippen molar-refractivity contribution in [1.82, 2.24) is 5.32 Å². The summed E-state index contributed by atoms with van der Waals surface area (Å²) in [7, 11) is 0. The van der Waals surface area contributed by atoms with E-state index in [1.165, 1.54) is 0 Å². The number of carbonyl (C=O) groups is 1. The molecule has 0 aliphatic rings. The maximum atomic E-state index is 10.2. The Morgan fingerprint density at radius 2 is 2.27 bits per heavy atom. The van der Waals surface area contributed by atoms with E-state index < -0.39 is 6.09 Å². The lowest BCUT2D eigenvalue weighted by Crippen LogP contribution is -2.44. The molecule has 0 aromatic rings. The number of hydrogen-bond donors (Lipinski definition) is 3. The molecule has 0 spiro atoms. The summed E-state index contributed by atoms with van der Waals surface area (Å²) in [5.41, 5.74) is 5.65. The predicted molar refractivity (Wildman–Crippen MR) is 43.5 cm³/mol. The fourth-order valence-corrected chi connectivity index (χ4v) is 0.885. The molecule has 1 amide bonds. The lowest BCUT2D eigenvalue weighted by atomic mass is 10.1. The van der Waals surface area contributed by atoms with Gasteiger partial charge in [-0.2, -0.15) is 0 Å². The van der Waals surface area contributed by atoms with Crippen molar-refractivity contribution >= 4 is 6.09 Å². The highest BCUT2D eigenvalue weighted by Gasteiger charge is 2.12. The summed E-state index contributed by atoms with van der Waals surface area (Å²) in [6.07, 6.45) is 0.817. The Morgan fingerprint density at radius 1 is 1.73 bits per heavy atom. The van der Waals surface area contributed by atoms with Crippen molar-refractivity contribution < 1.29 is 9.90 Å². The quantitative estimate of drug-likeness (QED) is 0.568. The van der Waals surface area contributed by atoms with Crippen molar-refractivity contribution in [3.05, 3.63) is 0 Å². The molecule has 0 aliphatic carbocycles. The van der Waals surface area contributed by atoms with Crippen LogP contribution in [0.5, 0.6) is 0 Å². The first-order valence-electron chi connectivity index (χ1n) is 3.83. The molecule has 0 unspecified atom stereocenters. The van der Waals surface area contributed by atoms with Gasteiger partial charge in [0, 0.05) is 12.1 Å². The topological polar surface area (TPSA) is 75.3 Å². The molecular weight excluding hydrogens is 144 g/mol. The smallest absolute Gasteiger partial charge is 0.404 e. The van der Waals surface area contributed by atoms with Gasteiger partial charge in [-0.1, -0.05) is 13.3 Å². The third kappa shape index (κ3) is 4.61. The van der Waals surface area contributed by atoms with Gasteiger partial charge in [-0.25, -0.2) is 4.79 Å². The molecular formula is C7H16N2O2. The van der Waals surface area contributed by atoms with E-state index in [2.05, 4.69) is 5.32 Å². The van der Waals surface area contributed by atoms with E-state index in [4.69, 9.17) is 10.8 Å². The van der Waals surface area contributed by atoms with Crippen molar-refractivity contribution in [3.63, 3.8) is 0 Å². The SMILES string of the molecule is CCC[C@@H](N)[C@H](C)NC(=O)O. The normalized spacial score (nSPS) is 15.5. The fraction of sp³-hybridized carbons (Fsp3) is 0.857. The number of nitrogens with one attached hydrogen (secondary N) is 1. The van der Waals surface area contributed by atoms with E-state index in [1.807, 2.05) is 6.92 Å². The van der Waals surface area contributed by atoms with Crippen LogP contribution >= 0.6 is 0 Å². The number of carboxylic acid groups (broad SMARTS) is 1. The zero-order valence-corrected chi connectivity index (χ0v) is 7.00. The van der Waals surface area contributed by atoms with E-state index in [-0.39, 0.29) is 12.1 Å². The molecule has 66 valence electrons. The second-order valence-electron chi connectivity index (χ2n) is 2.69. The second-order valence-corrected chi connectivity index (χ2v) is 2.69. The fourth-order valence-electron chi connectivity index (χ4n) is 0.885. The first-order chi connectivity index (χ1) is 5.07. The molecule has 11 heavy (non-hydrogen) atoms. The van der Waals surface area contributed by atoms with Crippen LogP contribution in [-0.2, 0) is 0 Å². The zero-order chi connectivity index (χ0) is 8.85. The van der Waals surface area contributed by atoms with Crippen molar-refractivity contribution in [3.8, 4) is 0 Å².